The lowest BCUT2D eigenvalue weighted by Crippen LogP contribution is -2.48. The first kappa shape index (κ1) is 18.1. The molecule has 0 aliphatic carbocycles. The molecule has 3 heterocycles. The smallest absolute Gasteiger partial charge is 0.238 e. The number of anilines is 1. The molecule has 0 bridgehead atoms. The lowest BCUT2D eigenvalue weighted by Gasteiger charge is -2.36. The summed E-state index contributed by atoms with van der Waals surface area (Å²) in [5, 5.41) is 6.91. The molecule has 4 rings (SSSR count). The van der Waals surface area contributed by atoms with Crippen LogP contribution < -0.4 is 10.1 Å². The molecule has 2 aromatic heterocycles. The number of hydrogen-bond donors (Lipinski definition) is 1. The molecule has 0 unspecified atom stereocenters. The molecule has 0 radical (unpaired) electrons. The number of carbonyl (C=O) groups excluding carboxylic acids is 1. The van der Waals surface area contributed by atoms with E-state index in [0.29, 0.717) is 38.0 Å². The molecule has 1 aromatic carbocycles. The van der Waals surface area contributed by atoms with Crippen molar-refractivity contribution in [2.45, 2.75) is 12.8 Å². The van der Waals surface area contributed by atoms with E-state index in [4.69, 9.17) is 9.26 Å². The second kappa shape index (κ2) is 8.18. The topological polar surface area (TPSA) is 93.4 Å². The van der Waals surface area contributed by atoms with Crippen molar-refractivity contribution in [3.63, 3.8) is 0 Å². The molecule has 144 valence electrons. The minimum atomic E-state index is -0.0517. The number of amides is 1. The first-order valence-corrected chi connectivity index (χ1v) is 9.20. The highest BCUT2D eigenvalue weighted by atomic mass is 16.5. The van der Waals surface area contributed by atoms with Gasteiger partial charge in [-0.05, 0) is 43.3 Å². The largest absolute Gasteiger partial charge is 0.494 e. The molecule has 1 aliphatic rings. The highest BCUT2D eigenvalue weighted by Crippen LogP contribution is 2.27. The SMILES string of the molecule is CCOc1ccc(NC(=O)CN2CC(c3nc(-c4cccnc4)no3)C2)cc1. The molecule has 3 aromatic rings. The first-order chi connectivity index (χ1) is 13.7. The van der Waals surface area contributed by atoms with Crippen molar-refractivity contribution in [1.29, 1.82) is 0 Å². The normalized spacial score (nSPS) is 14.5. The zero-order valence-electron chi connectivity index (χ0n) is 15.5. The van der Waals surface area contributed by atoms with Crippen LogP contribution >= 0.6 is 0 Å². The number of ether oxygens (including phenoxy) is 1. The minimum absolute atomic E-state index is 0.0517. The minimum Gasteiger partial charge on any atom is -0.494 e. The molecule has 1 saturated heterocycles. The second-order valence-electron chi connectivity index (χ2n) is 6.59. The molecule has 1 N–H and O–H groups in total. The highest BCUT2D eigenvalue weighted by molar-refractivity contribution is 5.92. The Labute approximate surface area is 162 Å². The van der Waals surface area contributed by atoms with Gasteiger partial charge in [0.2, 0.25) is 17.6 Å². The van der Waals surface area contributed by atoms with Crippen LogP contribution in [0.5, 0.6) is 5.75 Å². The highest BCUT2D eigenvalue weighted by Gasteiger charge is 2.33. The Hall–Kier alpha value is -3.26. The molecule has 0 spiro atoms. The van der Waals surface area contributed by atoms with Crippen LogP contribution in [0, 0.1) is 0 Å². The number of benzene rings is 1. The summed E-state index contributed by atoms with van der Waals surface area (Å²) >= 11 is 0. The standard InChI is InChI=1S/C20H21N5O3/c1-2-27-17-7-5-16(6-8-17)22-18(26)13-25-11-15(12-25)20-23-19(24-28-20)14-4-3-9-21-10-14/h3-10,15H,2,11-13H2,1H3,(H,22,26). The Bertz CT molecular complexity index is 921. The number of aromatic nitrogens is 3. The number of likely N-dealkylation sites (tertiary alicyclic amines) is 1. The van der Waals surface area contributed by atoms with E-state index in [0.717, 1.165) is 17.0 Å². The number of hydrogen-bond acceptors (Lipinski definition) is 7. The van der Waals surface area contributed by atoms with Gasteiger partial charge in [0, 0.05) is 36.7 Å². The van der Waals surface area contributed by atoms with Crippen molar-refractivity contribution in [2.24, 2.45) is 0 Å². The lowest BCUT2D eigenvalue weighted by atomic mass is 10.0. The fraction of sp³-hybridized carbons (Fsp3) is 0.300. The van der Waals surface area contributed by atoms with Crippen molar-refractivity contribution in [3.05, 3.63) is 54.7 Å². The van der Waals surface area contributed by atoms with Crippen LogP contribution in [0.3, 0.4) is 0 Å². The van der Waals surface area contributed by atoms with Gasteiger partial charge in [-0.1, -0.05) is 5.16 Å². The molecule has 0 saturated carbocycles. The van der Waals surface area contributed by atoms with Crippen molar-refractivity contribution >= 4 is 11.6 Å². The summed E-state index contributed by atoms with van der Waals surface area (Å²) in [6.07, 6.45) is 3.40. The summed E-state index contributed by atoms with van der Waals surface area (Å²) in [5.41, 5.74) is 1.58. The average Bonchev–Trinajstić information content (AvgIpc) is 3.16. The molecule has 1 aliphatic heterocycles. The van der Waals surface area contributed by atoms with Crippen LogP contribution in [0.2, 0.25) is 0 Å². The van der Waals surface area contributed by atoms with Gasteiger partial charge < -0.3 is 14.6 Å². The summed E-state index contributed by atoms with van der Waals surface area (Å²) in [6.45, 7) is 4.31. The maximum Gasteiger partial charge on any atom is 0.238 e. The van der Waals surface area contributed by atoms with Crippen LogP contribution in [0.15, 0.2) is 53.3 Å². The zero-order chi connectivity index (χ0) is 19.3. The van der Waals surface area contributed by atoms with Gasteiger partial charge in [0.1, 0.15) is 5.75 Å². The third-order valence-corrected chi connectivity index (χ3v) is 4.48. The molecule has 8 heteroatoms. The Morgan fingerprint density at radius 3 is 2.82 bits per heavy atom. The first-order valence-electron chi connectivity index (χ1n) is 9.20. The van der Waals surface area contributed by atoms with Crippen molar-refractivity contribution < 1.29 is 14.1 Å². The van der Waals surface area contributed by atoms with Crippen molar-refractivity contribution in [2.75, 3.05) is 31.6 Å². The number of nitrogens with one attached hydrogen (secondary N) is 1. The van der Waals surface area contributed by atoms with E-state index in [9.17, 15) is 4.79 Å². The summed E-state index contributed by atoms with van der Waals surface area (Å²) in [4.78, 5) is 22.8. The van der Waals surface area contributed by atoms with Crippen LogP contribution in [0.1, 0.15) is 18.7 Å². The average molecular weight is 379 g/mol. The van der Waals surface area contributed by atoms with E-state index in [1.807, 2.05) is 48.2 Å². The van der Waals surface area contributed by atoms with E-state index < -0.39 is 0 Å². The Morgan fingerprint density at radius 2 is 2.11 bits per heavy atom. The van der Waals surface area contributed by atoms with Crippen LogP contribution in [-0.4, -0.2) is 52.2 Å². The lowest BCUT2D eigenvalue weighted by molar-refractivity contribution is -0.118. The summed E-state index contributed by atoms with van der Waals surface area (Å²) in [6, 6.07) is 11.1. The molecular formula is C20H21N5O3. The van der Waals surface area contributed by atoms with E-state index in [1.165, 1.54) is 0 Å². The number of carbonyl (C=O) groups is 1. The number of pyridine rings is 1. The molecule has 28 heavy (non-hydrogen) atoms. The second-order valence-corrected chi connectivity index (χ2v) is 6.59. The third kappa shape index (κ3) is 4.17. The van der Waals surface area contributed by atoms with Gasteiger partial charge in [-0.2, -0.15) is 4.98 Å². The van der Waals surface area contributed by atoms with Gasteiger partial charge in [-0.25, -0.2) is 0 Å². The maximum atomic E-state index is 12.2. The van der Waals surface area contributed by atoms with E-state index >= 15 is 0 Å². The summed E-state index contributed by atoms with van der Waals surface area (Å²) < 4.78 is 10.8. The zero-order valence-corrected chi connectivity index (χ0v) is 15.5. The van der Waals surface area contributed by atoms with Gasteiger partial charge in [0.05, 0.1) is 19.1 Å². The molecule has 1 amide bonds. The van der Waals surface area contributed by atoms with Crippen LogP contribution in [0.25, 0.3) is 11.4 Å². The molecule has 8 nitrogen and oxygen atoms in total. The molecule has 0 atom stereocenters. The monoisotopic (exact) mass is 379 g/mol. The maximum absolute atomic E-state index is 12.2. The predicted molar refractivity (Wildman–Crippen MR) is 103 cm³/mol. The van der Waals surface area contributed by atoms with Crippen LogP contribution in [0.4, 0.5) is 5.69 Å². The van der Waals surface area contributed by atoms with Crippen molar-refractivity contribution in [1.82, 2.24) is 20.0 Å². The third-order valence-electron chi connectivity index (χ3n) is 4.48. The van der Waals surface area contributed by atoms with Gasteiger partial charge in [-0.3, -0.25) is 14.7 Å². The molecule has 1 fully saturated rings. The Morgan fingerprint density at radius 1 is 1.29 bits per heavy atom. The number of rotatable bonds is 7. The predicted octanol–water partition coefficient (Wildman–Crippen LogP) is 2.57. The van der Waals surface area contributed by atoms with Crippen LogP contribution in [-0.2, 0) is 4.79 Å². The van der Waals surface area contributed by atoms with E-state index in [-0.39, 0.29) is 11.8 Å². The van der Waals surface area contributed by atoms with E-state index in [2.05, 4.69) is 20.4 Å². The summed E-state index contributed by atoms with van der Waals surface area (Å²) in [7, 11) is 0. The van der Waals surface area contributed by atoms with E-state index in [1.54, 1.807) is 12.4 Å². The van der Waals surface area contributed by atoms with Gasteiger partial charge in [-0.15, -0.1) is 0 Å². The summed E-state index contributed by atoms with van der Waals surface area (Å²) in [5.74, 6) is 2.02. The fourth-order valence-corrected chi connectivity index (χ4v) is 3.07. The van der Waals surface area contributed by atoms with Gasteiger partial charge in [0.25, 0.3) is 0 Å². The molecular weight excluding hydrogens is 358 g/mol. The van der Waals surface area contributed by atoms with Crippen molar-refractivity contribution in [3.8, 4) is 17.1 Å². The number of nitrogens with zero attached hydrogens (tertiary/aromatic N) is 4. The quantitative estimate of drug-likeness (QED) is 0.674. The fourth-order valence-electron chi connectivity index (χ4n) is 3.07. The Kier molecular flexibility index (Phi) is 5.29. The van der Waals surface area contributed by atoms with Gasteiger partial charge in [0.15, 0.2) is 0 Å². The van der Waals surface area contributed by atoms with Gasteiger partial charge >= 0.3 is 0 Å². The Balaban J connectivity index is 1.25.